The minimum atomic E-state index is -3.58. The van der Waals surface area contributed by atoms with Gasteiger partial charge in [0.2, 0.25) is 10.0 Å². The van der Waals surface area contributed by atoms with Gasteiger partial charge >= 0.3 is 0 Å². The van der Waals surface area contributed by atoms with Crippen LogP contribution < -0.4 is 10.5 Å². The zero-order chi connectivity index (χ0) is 15.3. The van der Waals surface area contributed by atoms with E-state index in [1.807, 2.05) is 14.0 Å². The van der Waals surface area contributed by atoms with Crippen LogP contribution in [0.5, 0.6) is 0 Å². The largest absolute Gasteiger partial charge is 0.381 e. The number of nitrogen functional groups attached to an aromatic ring is 1. The molecule has 0 unspecified atom stereocenters. The molecule has 8 heteroatoms. The van der Waals surface area contributed by atoms with Crippen LogP contribution in [0.15, 0.2) is 11.1 Å². The quantitative estimate of drug-likeness (QED) is 0.682. The normalized spacial score (nSPS) is 12.5. The smallest absolute Gasteiger partial charge is 0.245 e. The monoisotopic (exact) mass is 303 g/mol. The molecule has 0 aliphatic heterocycles. The molecule has 116 valence electrons. The summed E-state index contributed by atoms with van der Waals surface area (Å²) in [4.78, 5) is 2.22. The van der Waals surface area contributed by atoms with Gasteiger partial charge in [0.1, 0.15) is 4.90 Å². The van der Waals surface area contributed by atoms with Crippen LogP contribution in [0, 0.1) is 0 Å². The van der Waals surface area contributed by atoms with Gasteiger partial charge in [0.15, 0.2) is 5.82 Å². The zero-order valence-electron chi connectivity index (χ0n) is 12.6. The van der Waals surface area contributed by atoms with Crippen LogP contribution in [-0.4, -0.2) is 49.3 Å². The lowest BCUT2D eigenvalue weighted by atomic mass is 10.3. The third-order valence-corrected chi connectivity index (χ3v) is 4.71. The summed E-state index contributed by atoms with van der Waals surface area (Å²) in [7, 11) is -1.56. The number of nitrogens with zero attached hydrogens (tertiary/aromatic N) is 3. The second-order valence-electron chi connectivity index (χ2n) is 5.06. The van der Waals surface area contributed by atoms with Crippen molar-refractivity contribution >= 4 is 15.8 Å². The van der Waals surface area contributed by atoms with Gasteiger partial charge in [0.05, 0.1) is 0 Å². The van der Waals surface area contributed by atoms with E-state index in [1.54, 1.807) is 0 Å². The number of anilines is 1. The van der Waals surface area contributed by atoms with Crippen LogP contribution in [0.25, 0.3) is 0 Å². The maximum atomic E-state index is 12.1. The van der Waals surface area contributed by atoms with Crippen LogP contribution in [-0.2, 0) is 16.6 Å². The molecule has 0 aromatic carbocycles. The molecule has 20 heavy (non-hydrogen) atoms. The Kier molecular flexibility index (Phi) is 5.97. The summed E-state index contributed by atoms with van der Waals surface area (Å²) in [5.41, 5.74) is 5.64. The van der Waals surface area contributed by atoms with E-state index in [0.717, 1.165) is 13.0 Å². The van der Waals surface area contributed by atoms with Gasteiger partial charge in [-0.15, -0.1) is 0 Å². The first-order valence-corrected chi connectivity index (χ1v) is 8.29. The number of aromatic nitrogens is 2. The Bertz CT molecular complexity index is 524. The van der Waals surface area contributed by atoms with Crippen molar-refractivity contribution in [3.8, 4) is 0 Å². The Morgan fingerprint density at radius 2 is 2.15 bits per heavy atom. The Hall–Kier alpha value is -1.12. The van der Waals surface area contributed by atoms with Crippen molar-refractivity contribution in [2.45, 2.75) is 44.7 Å². The molecule has 1 aromatic rings. The van der Waals surface area contributed by atoms with Gasteiger partial charge in [0, 0.05) is 25.3 Å². The predicted octanol–water partition coefficient (Wildman–Crippen LogP) is 0.494. The molecule has 0 amide bonds. The van der Waals surface area contributed by atoms with Gasteiger partial charge in [-0.05, 0) is 40.8 Å². The molecule has 7 nitrogen and oxygen atoms in total. The lowest BCUT2D eigenvalue weighted by Crippen LogP contribution is -2.31. The molecule has 3 N–H and O–H groups in total. The van der Waals surface area contributed by atoms with E-state index in [0.29, 0.717) is 19.1 Å². The van der Waals surface area contributed by atoms with Gasteiger partial charge in [-0.2, -0.15) is 5.10 Å². The number of nitrogens with one attached hydrogen (secondary N) is 1. The molecule has 0 aliphatic carbocycles. The highest BCUT2D eigenvalue weighted by Gasteiger charge is 2.20. The molecule has 0 bridgehead atoms. The van der Waals surface area contributed by atoms with Crippen molar-refractivity contribution in [3.05, 3.63) is 6.20 Å². The molecule has 0 radical (unpaired) electrons. The maximum Gasteiger partial charge on any atom is 0.245 e. The second kappa shape index (κ2) is 7.05. The first kappa shape index (κ1) is 16.9. The van der Waals surface area contributed by atoms with E-state index in [9.17, 15) is 8.42 Å². The highest BCUT2D eigenvalue weighted by molar-refractivity contribution is 7.89. The summed E-state index contributed by atoms with van der Waals surface area (Å²) in [6.07, 6.45) is 2.20. The van der Waals surface area contributed by atoms with Crippen LogP contribution in [0.2, 0.25) is 0 Å². The molecular formula is C12H25N5O2S. The van der Waals surface area contributed by atoms with Crippen molar-refractivity contribution < 1.29 is 8.42 Å². The van der Waals surface area contributed by atoms with E-state index >= 15 is 0 Å². The van der Waals surface area contributed by atoms with Crippen LogP contribution >= 0.6 is 0 Å². The Morgan fingerprint density at radius 1 is 1.50 bits per heavy atom. The Morgan fingerprint density at radius 3 is 2.65 bits per heavy atom. The zero-order valence-corrected chi connectivity index (χ0v) is 13.4. The number of sulfonamides is 1. The lowest BCUT2D eigenvalue weighted by molar-refractivity contribution is 0.271. The molecule has 0 fully saturated rings. The molecule has 0 aliphatic rings. The van der Waals surface area contributed by atoms with Gasteiger partial charge < -0.3 is 10.6 Å². The summed E-state index contributed by atoms with van der Waals surface area (Å²) >= 11 is 0. The first-order chi connectivity index (χ1) is 9.27. The average molecular weight is 303 g/mol. The Balaban J connectivity index is 2.55. The van der Waals surface area contributed by atoms with Gasteiger partial charge in [-0.25, -0.2) is 13.1 Å². The molecule has 1 heterocycles. The fraction of sp³-hybridized carbons (Fsp3) is 0.750. The third-order valence-electron chi connectivity index (χ3n) is 3.23. The van der Waals surface area contributed by atoms with Gasteiger partial charge in [-0.3, -0.25) is 4.68 Å². The molecular weight excluding hydrogens is 278 g/mol. The van der Waals surface area contributed by atoms with E-state index in [-0.39, 0.29) is 10.7 Å². The summed E-state index contributed by atoms with van der Waals surface area (Å²) in [6, 6.07) is 0.449. The topological polar surface area (TPSA) is 93.2 Å². The van der Waals surface area contributed by atoms with Crippen LogP contribution in [0.3, 0.4) is 0 Å². The minimum absolute atomic E-state index is 0.0404. The molecule has 0 saturated heterocycles. The SMILES string of the molecule is CCn1cc(S(=O)(=O)NCCCN(C)C(C)C)c(N)n1. The maximum absolute atomic E-state index is 12.1. The van der Waals surface area contributed by atoms with Crippen molar-refractivity contribution in [1.82, 2.24) is 19.4 Å². The fourth-order valence-corrected chi connectivity index (χ4v) is 2.80. The van der Waals surface area contributed by atoms with E-state index in [1.165, 1.54) is 10.9 Å². The van der Waals surface area contributed by atoms with Gasteiger partial charge in [0.25, 0.3) is 0 Å². The van der Waals surface area contributed by atoms with Crippen molar-refractivity contribution in [1.29, 1.82) is 0 Å². The summed E-state index contributed by atoms with van der Waals surface area (Å²) in [5, 5.41) is 3.94. The molecule has 0 atom stereocenters. The van der Waals surface area contributed by atoms with Crippen molar-refractivity contribution in [2.24, 2.45) is 0 Å². The minimum Gasteiger partial charge on any atom is -0.381 e. The highest BCUT2D eigenvalue weighted by atomic mass is 32.2. The van der Waals surface area contributed by atoms with E-state index in [2.05, 4.69) is 28.6 Å². The summed E-state index contributed by atoms with van der Waals surface area (Å²) < 4.78 is 28.3. The first-order valence-electron chi connectivity index (χ1n) is 6.80. The standard InChI is InChI=1S/C12H25N5O2S/c1-5-17-9-11(12(13)15-17)20(18,19)14-7-6-8-16(4)10(2)3/h9-10,14H,5-8H2,1-4H3,(H2,13,15). The van der Waals surface area contributed by atoms with Gasteiger partial charge in [-0.1, -0.05) is 0 Å². The number of hydrogen-bond donors (Lipinski definition) is 2. The van der Waals surface area contributed by atoms with Crippen molar-refractivity contribution in [2.75, 3.05) is 25.9 Å². The molecule has 0 saturated carbocycles. The Labute approximate surface area is 121 Å². The van der Waals surface area contributed by atoms with Crippen LogP contribution in [0.1, 0.15) is 27.2 Å². The number of nitrogens with two attached hydrogens (primary N) is 1. The number of aryl methyl sites for hydroxylation is 1. The number of rotatable bonds is 8. The van der Waals surface area contributed by atoms with Crippen molar-refractivity contribution in [3.63, 3.8) is 0 Å². The molecule has 1 aromatic heterocycles. The fourth-order valence-electron chi connectivity index (χ4n) is 1.66. The summed E-state index contributed by atoms with van der Waals surface area (Å²) in [6.45, 7) is 7.88. The number of hydrogen-bond acceptors (Lipinski definition) is 5. The second-order valence-corrected chi connectivity index (χ2v) is 6.80. The average Bonchev–Trinajstić information content (AvgIpc) is 2.76. The molecule has 1 rings (SSSR count). The van der Waals surface area contributed by atoms with E-state index in [4.69, 9.17) is 5.73 Å². The lowest BCUT2D eigenvalue weighted by Gasteiger charge is -2.20. The highest BCUT2D eigenvalue weighted by Crippen LogP contribution is 2.15. The molecule has 0 spiro atoms. The third kappa shape index (κ3) is 4.46. The van der Waals surface area contributed by atoms with Crippen LogP contribution in [0.4, 0.5) is 5.82 Å². The predicted molar refractivity (Wildman–Crippen MR) is 79.9 cm³/mol. The summed E-state index contributed by atoms with van der Waals surface area (Å²) in [5.74, 6) is 0.0404. The van der Waals surface area contributed by atoms with E-state index < -0.39 is 10.0 Å².